The predicted octanol–water partition coefficient (Wildman–Crippen LogP) is 2.29. The molecule has 0 aromatic carbocycles. The first-order chi connectivity index (χ1) is 10.5. The summed E-state index contributed by atoms with van der Waals surface area (Å²) >= 11 is 3.15. The topological polar surface area (TPSA) is 61.4 Å². The Morgan fingerprint density at radius 2 is 2.00 bits per heavy atom. The Kier molecular flexibility index (Phi) is 4.42. The lowest BCUT2D eigenvalue weighted by molar-refractivity contribution is -0.114. The number of thiazole rings is 2. The molecule has 2 aromatic heterocycles. The monoisotopic (exact) mass is 337 g/mol. The number of anilines is 2. The number of piperazine rings is 1. The lowest BCUT2D eigenvalue weighted by atomic mass is 10.3. The highest BCUT2D eigenvalue weighted by molar-refractivity contribution is 7.19. The fourth-order valence-electron chi connectivity index (χ4n) is 2.35. The van der Waals surface area contributed by atoms with Gasteiger partial charge in [0.2, 0.25) is 5.91 Å². The number of carbonyl (C=O) groups is 1. The molecule has 1 amide bonds. The van der Waals surface area contributed by atoms with Gasteiger partial charge in [-0.2, -0.15) is 0 Å². The fourth-order valence-corrected chi connectivity index (χ4v) is 4.27. The first-order valence-corrected chi connectivity index (χ1v) is 8.87. The minimum absolute atomic E-state index is 0.100. The molecule has 3 heterocycles. The molecule has 0 atom stereocenters. The van der Waals surface area contributed by atoms with Gasteiger partial charge in [-0.05, 0) is 14.0 Å². The van der Waals surface area contributed by atoms with Crippen LogP contribution >= 0.6 is 22.7 Å². The normalized spacial score (nSPS) is 16.0. The number of aromatic nitrogens is 2. The zero-order valence-electron chi connectivity index (χ0n) is 12.9. The molecule has 3 rings (SSSR count). The lowest BCUT2D eigenvalue weighted by Gasteiger charge is -2.32. The minimum Gasteiger partial charge on any atom is -0.346 e. The Labute approximate surface area is 137 Å². The van der Waals surface area contributed by atoms with E-state index >= 15 is 0 Å². The number of hydrogen-bond acceptors (Lipinski definition) is 7. The third kappa shape index (κ3) is 3.29. The number of carbonyl (C=O) groups excluding carboxylic acids is 1. The summed E-state index contributed by atoms with van der Waals surface area (Å²) in [5.41, 5.74) is 1.86. The van der Waals surface area contributed by atoms with Gasteiger partial charge in [-0.15, -0.1) is 11.3 Å². The van der Waals surface area contributed by atoms with Gasteiger partial charge in [0.25, 0.3) is 0 Å². The number of hydrogen-bond donors (Lipinski definition) is 1. The number of likely N-dealkylation sites (N-methyl/N-ethyl adjacent to an activating group) is 1. The standard InChI is InChI=1S/C14H19N5OS2/c1-9-12(22-13(15-9)16-10(2)20)11-8-21-14(17-11)19-6-4-18(3)5-7-19/h8H,4-7H2,1-3H3,(H,15,16,20). The van der Waals surface area contributed by atoms with Crippen molar-refractivity contribution in [1.29, 1.82) is 0 Å². The van der Waals surface area contributed by atoms with Crippen molar-refractivity contribution in [3.63, 3.8) is 0 Å². The summed E-state index contributed by atoms with van der Waals surface area (Å²) in [4.78, 5) is 26.0. The minimum atomic E-state index is -0.100. The molecule has 1 fully saturated rings. The number of amides is 1. The van der Waals surface area contributed by atoms with Gasteiger partial charge >= 0.3 is 0 Å². The third-order valence-electron chi connectivity index (χ3n) is 3.58. The maximum absolute atomic E-state index is 11.1. The van der Waals surface area contributed by atoms with E-state index in [9.17, 15) is 4.79 Å². The van der Waals surface area contributed by atoms with Crippen LogP contribution in [-0.2, 0) is 4.79 Å². The van der Waals surface area contributed by atoms with Crippen LogP contribution in [0.5, 0.6) is 0 Å². The third-order valence-corrected chi connectivity index (χ3v) is 5.57. The summed E-state index contributed by atoms with van der Waals surface area (Å²) in [5, 5.41) is 6.51. The molecule has 0 saturated carbocycles. The first kappa shape index (κ1) is 15.4. The molecule has 22 heavy (non-hydrogen) atoms. The molecular formula is C14H19N5OS2. The van der Waals surface area contributed by atoms with E-state index in [-0.39, 0.29) is 5.91 Å². The molecule has 0 unspecified atom stereocenters. The van der Waals surface area contributed by atoms with E-state index in [2.05, 4.69) is 32.5 Å². The molecule has 8 heteroatoms. The first-order valence-electron chi connectivity index (χ1n) is 7.17. The van der Waals surface area contributed by atoms with Gasteiger partial charge in [-0.3, -0.25) is 4.79 Å². The molecule has 1 saturated heterocycles. The number of nitrogens with zero attached hydrogens (tertiary/aromatic N) is 4. The molecule has 2 aromatic rings. The largest absolute Gasteiger partial charge is 0.346 e. The molecule has 6 nitrogen and oxygen atoms in total. The summed E-state index contributed by atoms with van der Waals surface area (Å²) in [6.07, 6.45) is 0. The average molecular weight is 337 g/mol. The summed E-state index contributed by atoms with van der Waals surface area (Å²) in [7, 11) is 2.15. The molecule has 0 spiro atoms. The maximum Gasteiger partial charge on any atom is 0.223 e. The van der Waals surface area contributed by atoms with Crippen molar-refractivity contribution in [3.05, 3.63) is 11.1 Å². The van der Waals surface area contributed by atoms with E-state index in [1.165, 1.54) is 18.3 Å². The highest BCUT2D eigenvalue weighted by atomic mass is 32.1. The van der Waals surface area contributed by atoms with E-state index in [1.807, 2.05) is 6.92 Å². The van der Waals surface area contributed by atoms with Gasteiger partial charge in [-0.1, -0.05) is 11.3 Å². The summed E-state index contributed by atoms with van der Waals surface area (Å²) < 4.78 is 0. The van der Waals surface area contributed by atoms with Crippen molar-refractivity contribution in [2.45, 2.75) is 13.8 Å². The zero-order chi connectivity index (χ0) is 15.7. The number of nitrogens with one attached hydrogen (secondary N) is 1. The molecular weight excluding hydrogens is 318 g/mol. The summed E-state index contributed by atoms with van der Waals surface area (Å²) in [6.45, 7) is 7.61. The molecule has 1 aliphatic heterocycles. The molecule has 0 radical (unpaired) electrons. The van der Waals surface area contributed by atoms with Crippen LogP contribution in [0.15, 0.2) is 5.38 Å². The highest BCUT2D eigenvalue weighted by Crippen LogP contribution is 2.35. The Hall–Kier alpha value is -1.51. The second-order valence-electron chi connectivity index (χ2n) is 5.42. The Morgan fingerprint density at radius 3 is 2.68 bits per heavy atom. The second kappa shape index (κ2) is 6.31. The van der Waals surface area contributed by atoms with E-state index in [0.717, 1.165) is 47.6 Å². The molecule has 1 N–H and O–H groups in total. The van der Waals surface area contributed by atoms with Crippen molar-refractivity contribution in [2.24, 2.45) is 0 Å². The molecule has 118 valence electrons. The summed E-state index contributed by atoms with van der Waals surface area (Å²) in [5.74, 6) is -0.100. The number of aryl methyl sites for hydroxylation is 1. The van der Waals surface area contributed by atoms with Crippen LogP contribution < -0.4 is 10.2 Å². The van der Waals surface area contributed by atoms with Crippen LogP contribution in [0.3, 0.4) is 0 Å². The zero-order valence-corrected chi connectivity index (χ0v) is 14.6. The molecule has 1 aliphatic rings. The van der Waals surface area contributed by atoms with Crippen LogP contribution in [0.1, 0.15) is 12.6 Å². The van der Waals surface area contributed by atoms with Crippen LogP contribution in [0.2, 0.25) is 0 Å². The fraction of sp³-hybridized carbons (Fsp3) is 0.500. The Bertz CT molecular complexity index is 673. The number of rotatable bonds is 3. The van der Waals surface area contributed by atoms with Crippen LogP contribution in [0, 0.1) is 6.92 Å². The van der Waals surface area contributed by atoms with Gasteiger partial charge < -0.3 is 15.1 Å². The van der Waals surface area contributed by atoms with Gasteiger partial charge in [0.05, 0.1) is 16.3 Å². The van der Waals surface area contributed by atoms with E-state index in [0.29, 0.717) is 5.13 Å². The van der Waals surface area contributed by atoms with Gasteiger partial charge in [0, 0.05) is 38.5 Å². The second-order valence-corrected chi connectivity index (χ2v) is 7.26. The summed E-state index contributed by atoms with van der Waals surface area (Å²) in [6, 6.07) is 0. The van der Waals surface area contributed by atoms with Crippen molar-refractivity contribution in [3.8, 4) is 10.6 Å². The van der Waals surface area contributed by atoms with Crippen molar-refractivity contribution >= 4 is 38.8 Å². The van der Waals surface area contributed by atoms with E-state index in [4.69, 9.17) is 4.98 Å². The van der Waals surface area contributed by atoms with Crippen molar-refractivity contribution in [2.75, 3.05) is 43.4 Å². The maximum atomic E-state index is 11.1. The van der Waals surface area contributed by atoms with Crippen molar-refractivity contribution < 1.29 is 4.79 Å². The van der Waals surface area contributed by atoms with E-state index < -0.39 is 0 Å². The smallest absolute Gasteiger partial charge is 0.223 e. The Balaban J connectivity index is 1.79. The molecule has 0 bridgehead atoms. The van der Waals surface area contributed by atoms with E-state index in [1.54, 1.807) is 11.3 Å². The van der Waals surface area contributed by atoms with Gasteiger partial charge in [0.1, 0.15) is 0 Å². The van der Waals surface area contributed by atoms with Crippen molar-refractivity contribution in [1.82, 2.24) is 14.9 Å². The molecule has 0 aliphatic carbocycles. The average Bonchev–Trinajstić information content (AvgIpc) is 3.06. The quantitative estimate of drug-likeness (QED) is 0.931. The van der Waals surface area contributed by atoms with Crippen LogP contribution in [0.4, 0.5) is 10.3 Å². The highest BCUT2D eigenvalue weighted by Gasteiger charge is 2.19. The predicted molar refractivity (Wildman–Crippen MR) is 92.0 cm³/mol. The SMILES string of the molecule is CC(=O)Nc1nc(C)c(-c2csc(N3CCN(C)CC3)n2)s1. The van der Waals surface area contributed by atoms with Crippen LogP contribution in [0.25, 0.3) is 10.6 Å². The lowest BCUT2D eigenvalue weighted by Crippen LogP contribution is -2.44. The van der Waals surface area contributed by atoms with Gasteiger partial charge in [-0.25, -0.2) is 9.97 Å². The van der Waals surface area contributed by atoms with Crippen LogP contribution in [-0.4, -0.2) is 54.0 Å². The van der Waals surface area contributed by atoms with Gasteiger partial charge in [0.15, 0.2) is 10.3 Å². The Morgan fingerprint density at radius 1 is 1.27 bits per heavy atom.